The lowest BCUT2D eigenvalue weighted by Crippen LogP contribution is -2.42. The molecular weight excluding hydrogens is 246 g/mol. The minimum atomic E-state index is -0.234. The molecule has 0 aliphatic carbocycles. The molecule has 0 amide bonds. The minimum Gasteiger partial charge on any atom is -0.507 e. The first kappa shape index (κ1) is 14.1. The third kappa shape index (κ3) is 3.37. The molecule has 1 unspecified atom stereocenters. The molecular formula is C14H21NO4. The van der Waals surface area contributed by atoms with Gasteiger partial charge in [0.1, 0.15) is 17.1 Å². The van der Waals surface area contributed by atoms with Crippen molar-refractivity contribution >= 4 is 0 Å². The maximum absolute atomic E-state index is 9.86. The van der Waals surface area contributed by atoms with Crippen LogP contribution in [0.25, 0.3) is 0 Å². The summed E-state index contributed by atoms with van der Waals surface area (Å²) in [5.41, 5.74) is 0.605. The lowest BCUT2D eigenvalue weighted by atomic mass is 10.0. The van der Waals surface area contributed by atoms with E-state index in [2.05, 4.69) is 5.32 Å². The van der Waals surface area contributed by atoms with Crippen molar-refractivity contribution in [2.45, 2.75) is 18.6 Å². The second-order valence-corrected chi connectivity index (χ2v) is 4.79. The van der Waals surface area contributed by atoms with Gasteiger partial charge < -0.3 is 24.6 Å². The molecule has 0 bridgehead atoms. The first-order valence-electron chi connectivity index (χ1n) is 6.39. The minimum absolute atomic E-state index is 0.234. The summed E-state index contributed by atoms with van der Waals surface area (Å²) in [5, 5.41) is 13.2. The van der Waals surface area contributed by atoms with Gasteiger partial charge in [-0.15, -0.1) is 0 Å². The summed E-state index contributed by atoms with van der Waals surface area (Å²) in [4.78, 5) is 0. The number of aromatic hydroxyl groups is 1. The fraction of sp³-hybridized carbons (Fsp3) is 0.571. The highest BCUT2D eigenvalue weighted by Crippen LogP contribution is 2.24. The van der Waals surface area contributed by atoms with E-state index in [1.807, 2.05) is 12.1 Å². The molecule has 1 aliphatic heterocycles. The zero-order valence-corrected chi connectivity index (χ0v) is 11.4. The van der Waals surface area contributed by atoms with E-state index < -0.39 is 0 Å². The Morgan fingerprint density at radius 1 is 1.42 bits per heavy atom. The number of phenols is 1. The number of hydrogen-bond donors (Lipinski definition) is 2. The highest BCUT2D eigenvalue weighted by Gasteiger charge is 2.34. The van der Waals surface area contributed by atoms with E-state index in [4.69, 9.17) is 14.2 Å². The Morgan fingerprint density at radius 2 is 2.26 bits per heavy atom. The molecule has 2 N–H and O–H groups in total. The second-order valence-electron chi connectivity index (χ2n) is 4.79. The van der Waals surface area contributed by atoms with Crippen LogP contribution in [0.5, 0.6) is 11.5 Å². The van der Waals surface area contributed by atoms with Gasteiger partial charge in [0.05, 0.1) is 13.7 Å². The van der Waals surface area contributed by atoms with Crippen molar-refractivity contribution < 1.29 is 19.3 Å². The number of ether oxygens (including phenoxy) is 3. The number of nitrogens with one attached hydrogen (secondary N) is 1. The van der Waals surface area contributed by atoms with Gasteiger partial charge in [0, 0.05) is 44.9 Å². The van der Waals surface area contributed by atoms with Crippen LogP contribution in [0.2, 0.25) is 0 Å². The van der Waals surface area contributed by atoms with Crippen LogP contribution in [0.1, 0.15) is 12.0 Å². The Hall–Kier alpha value is -1.30. The van der Waals surface area contributed by atoms with Gasteiger partial charge in [-0.05, 0) is 6.07 Å². The fourth-order valence-corrected chi connectivity index (χ4v) is 2.21. The Kier molecular flexibility index (Phi) is 4.63. The lowest BCUT2D eigenvalue weighted by Gasteiger charge is -2.26. The first-order chi connectivity index (χ1) is 9.19. The second kappa shape index (κ2) is 6.23. The summed E-state index contributed by atoms with van der Waals surface area (Å²) in [6.07, 6.45) is 0.894. The zero-order chi connectivity index (χ0) is 13.7. The predicted octanol–water partition coefficient (Wildman–Crippen LogP) is 1.30. The smallest absolute Gasteiger partial charge is 0.123 e. The third-order valence-electron chi connectivity index (χ3n) is 3.56. The Balaban J connectivity index is 1.88. The molecule has 5 nitrogen and oxygen atoms in total. The highest BCUT2D eigenvalue weighted by atomic mass is 16.5. The number of hydrogen-bond acceptors (Lipinski definition) is 5. The van der Waals surface area contributed by atoms with Crippen LogP contribution in [-0.2, 0) is 16.0 Å². The van der Waals surface area contributed by atoms with Crippen molar-refractivity contribution in [1.82, 2.24) is 5.32 Å². The molecule has 106 valence electrons. The third-order valence-corrected chi connectivity index (χ3v) is 3.56. The molecule has 1 fully saturated rings. The standard InChI is InChI=1S/C14H21NO4/c1-17-12-4-3-11(13(16)7-12)8-15-9-14(18-2)5-6-19-10-14/h3-4,7,15-16H,5-6,8-10H2,1-2H3. The molecule has 1 aromatic rings. The summed E-state index contributed by atoms with van der Waals surface area (Å²) in [6.45, 7) is 2.64. The Bertz CT molecular complexity index is 416. The normalized spacial score (nSPS) is 22.6. The van der Waals surface area contributed by atoms with Crippen molar-refractivity contribution in [3.8, 4) is 11.5 Å². The van der Waals surface area contributed by atoms with Gasteiger partial charge in [0.2, 0.25) is 0 Å². The monoisotopic (exact) mass is 267 g/mol. The largest absolute Gasteiger partial charge is 0.507 e. The van der Waals surface area contributed by atoms with E-state index in [1.54, 1.807) is 20.3 Å². The number of benzene rings is 1. The molecule has 1 saturated heterocycles. The van der Waals surface area contributed by atoms with Gasteiger partial charge in [-0.25, -0.2) is 0 Å². The molecule has 1 atom stereocenters. The number of methoxy groups -OCH3 is 2. The van der Waals surface area contributed by atoms with E-state index in [-0.39, 0.29) is 11.4 Å². The number of rotatable bonds is 6. The Morgan fingerprint density at radius 3 is 2.84 bits per heavy atom. The fourth-order valence-electron chi connectivity index (χ4n) is 2.21. The SMILES string of the molecule is COc1ccc(CNCC2(OC)CCOC2)c(O)c1. The van der Waals surface area contributed by atoms with Crippen LogP contribution in [-0.4, -0.2) is 44.7 Å². The van der Waals surface area contributed by atoms with Crippen LogP contribution in [0.4, 0.5) is 0 Å². The predicted molar refractivity (Wildman–Crippen MR) is 71.5 cm³/mol. The molecule has 2 rings (SSSR count). The maximum Gasteiger partial charge on any atom is 0.123 e. The van der Waals surface area contributed by atoms with Gasteiger partial charge in [0.25, 0.3) is 0 Å². The van der Waals surface area contributed by atoms with Crippen molar-refractivity contribution in [2.75, 3.05) is 34.0 Å². The van der Waals surface area contributed by atoms with Crippen LogP contribution < -0.4 is 10.1 Å². The van der Waals surface area contributed by atoms with Gasteiger partial charge in [-0.3, -0.25) is 0 Å². The summed E-state index contributed by atoms with van der Waals surface area (Å²) in [6, 6.07) is 5.30. The van der Waals surface area contributed by atoms with Gasteiger partial charge >= 0.3 is 0 Å². The summed E-state index contributed by atoms with van der Waals surface area (Å²) in [5.74, 6) is 0.889. The van der Waals surface area contributed by atoms with E-state index >= 15 is 0 Å². The van der Waals surface area contributed by atoms with Gasteiger partial charge in [0.15, 0.2) is 0 Å². The van der Waals surface area contributed by atoms with E-state index in [9.17, 15) is 5.11 Å². The molecule has 1 aromatic carbocycles. The van der Waals surface area contributed by atoms with Crippen LogP contribution >= 0.6 is 0 Å². The molecule has 0 aromatic heterocycles. The number of phenolic OH excluding ortho intramolecular Hbond substituents is 1. The summed E-state index contributed by atoms with van der Waals surface area (Å²) < 4.78 is 16.0. The Labute approximate surface area is 113 Å². The molecule has 5 heteroatoms. The maximum atomic E-state index is 9.86. The van der Waals surface area contributed by atoms with E-state index in [1.165, 1.54) is 0 Å². The topological polar surface area (TPSA) is 60.0 Å². The van der Waals surface area contributed by atoms with Crippen LogP contribution in [0, 0.1) is 0 Å². The van der Waals surface area contributed by atoms with Gasteiger partial charge in [-0.2, -0.15) is 0 Å². The molecule has 1 aliphatic rings. The average molecular weight is 267 g/mol. The van der Waals surface area contributed by atoms with Crippen LogP contribution in [0.15, 0.2) is 18.2 Å². The van der Waals surface area contributed by atoms with E-state index in [0.717, 1.165) is 18.6 Å². The molecule has 0 saturated carbocycles. The van der Waals surface area contributed by atoms with Crippen molar-refractivity contribution in [1.29, 1.82) is 0 Å². The van der Waals surface area contributed by atoms with Crippen LogP contribution in [0.3, 0.4) is 0 Å². The molecule has 1 heterocycles. The average Bonchev–Trinajstić information content (AvgIpc) is 2.90. The van der Waals surface area contributed by atoms with Crippen molar-refractivity contribution in [3.63, 3.8) is 0 Å². The molecule has 0 spiro atoms. The lowest BCUT2D eigenvalue weighted by molar-refractivity contribution is -0.0159. The van der Waals surface area contributed by atoms with E-state index in [0.29, 0.717) is 25.4 Å². The molecule has 19 heavy (non-hydrogen) atoms. The quantitative estimate of drug-likeness (QED) is 0.813. The van der Waals surface area contributed by atoms with Crippen molar-refractivity contribution in [2.24, 2.45) is 0 Å². The van der Waals surface area contributed by atoms with Crippen molar-refractivity contribution in [3.05, 3.63) is 23.8 Å². The first-order valence-corrected chi connectivity index (χ1v) is 6.39. The summed E-state index contributed by atoms with van der Waals surface area (Å²) >= 11 is 0. The summed E-state index contributed by atoms with van der Waals surface area (Å²) in [7, 11) is 3.29. The molecule has 0 radical (unpaired) electrons. The zero-order valence-electron chi connectivity index (χ0n) is 11.4. The van der Waals surface area contributed by atoms with Gasteiger partial charge in [-0.1, -0.05) is 6.07 Å². The highest BCUT2D eigenvalue weighted by molar-refractivity contribution is 5.39.